The minimum Gasteiger partial charge on any atom is -0.333 e. The number of hydrogen-bond acceptors (Lipinski definition) is 4. The van der Waals surface area contributed by atoms with Crippen LogP contribution in [0.4, 0.5) is 5.82 Å². The molecule has 2 heterocycles. The van der Waals surface area contributed by atoms with Gasteiger partial charge in [-0.2, -0.15) is 0 Å². The molecule has 2 aromatic heterocycles. The number of H-pyrrole nitrogens is 1. The highest BCUT2D eigenvalue weighted by molar-refractivity contribution is 8.00. The van der Waals surface area contributed by atoms with Gasteiger partial charge in [0.1, 0.15) is 5.82 Å². The van der Waals surface area contributed by atoms with Crippen molar-refractivity contribution in [3.8, 4) is 0 Å². The van der Waals surface area contributed by atoms with E-state index in [0.29, 0.717) is 21.0 Å². The van der Waals surface area contributed by atoms with Gasteiger partial charge >= 0.3 is 0 Å². The molecule has 1 atom stereocenters. The summed E-state index contributed by atoms with van der Waals surface area (Å²) in [5, 5.41) is 4.21. The maximum Gasteiger partial charge on any atom is 0.238 e. The summed E-state index contributed by atoms with van der Waals surface area (Å²) < 4.78 is 0. The second-order valence-corrected chi connectivity index (χ2v) is 7.02. The van der Waals surface area contributed by atoms with Gasteiger partial charge in [-0.25, -0.2) is 9.97 Å². The molecular formula is C15H12Cl2N4OS. The third kappa shape index (κ3) is 3.96. The summed E-state index contributed by atoms with van der Waals surface area (Å²) in [7, 11) is 0. The molecule has 5 nitrogen and oxygen atoms in total. The fourth-order valence-electron chi connectivity index (χ4n) is 1.91. The molecule has 0 bridgehead atoms. The second kappa shape index (κ2) is 6.78. The van der Waals surface area contributed by atoms with Crippen LogP contribution in [0.2, 0.25) is 10.0 Å². The fourth-order valence-corrected chi connectivity index (χ4v) is 3.02. The lowest BCUT2D eigenvalue weighted by atomic mass is 10.3. The highest BCUT2D eigenvalue weighted by atomic mass is 35.5. The summed E-state index contributed by atoms with van der Waals surface area (Å²) in [6.07, 6.45) is 1.48. The van der Waals surface area contributed by atoms with E-state index in [9.17, 15) is 4.79 Å². The monoisotopic (exact) mass is 366 g/mol. The van der Waals surface area contributed by atoms with Crippen molar-refractivity contribution < 1.29 is 4.79 Å². The number of pyridine rings is 1. The minimum absolute atomic E-state index is 0.164. The zero-order valence-corrected chi connectivity index (χ0v) is 14.3. The summed E-state index contributed by atoms with van der Waals surface area (Å²) in [5.74, 6) is 0.298. The van der Waals surface area contributed by atoms with Crippen molar-refractivity contribution in [2.75, 3.05) is 5.32 Å². The number of carbonyl (C=O) groups is 1. The number of benzene rings is 1. The molecule has 3 rings (SSSR count). The molecule has 1 amide bonds. The number of thioether (sulfide) groups is 1. The van der Waals surface area contributed by atoms with E-state index in [2.05, 4.69) is 20.3 Å². The van der Waals surface area contributed by atoms with Crippen molar-refractivity contribution in [2.45, 2.75) is 17.3 Å². The number of imidazole rings is 1. The Bertz CT molecular complexity index is 850. The van der Waals surface area contributed by atoms with Crippen LogP contribution in [0.25, 0.3) is 11.0 Å². The van der Waals surface area contributed by atoms with Crippen LogP contribution in [0.15, 0.2) is 41.7 Å². The summed E-state index contributed by atoms with van der Waals surface area (Å²) in [6, 6.07) is 8.74. The smallest absolute Gasteiger partial charge is 0.238 e. The number of rotatable bonds is 4. The van der Waals surface area contributed by atoms with Gasteiger partial charge in [0.25, 0.3) is 0 Å². The first-order valence-corrected chi connectivity index (χ1v) is 8.39. The van der Waals surface area contributed by atoms with E-state index in [1.807, 2.05) is 6.07 Å². The van der Waals surface area contributed by atoms with Crippen LogP contribution >= 0.6 is 35.0 Å². The van der Waals surface area contributed by atoms with Gasteiger partial charge in [-0.3, -0.25) is 4.79 Å². The average Bonchev–Trinajstić information content (AvgIpc) is 2.90. The van der Waals surface area contributed by atoms with Gasteiger partial charge < -0.3 is 10.3 Å². The van der Waals surface area contributed by atoms with Gasteiger partial charge in [0.15, 0.2) is 5.16 Å². The number of halogens is 2. The molecule has 1 aromatic carbocycles. The topological polar surface area (TPSA) is 70.7 Å². The van der Waals surface area contributed by atoms with E-state index in [1.54, 1.807) is 31.2 Å². The molecule has 0 saturated carbocycles. The fraction of sp³-hybridized carbons (Fsp3) is 0.133. The number of fused-ring (bicyclic) bond motifs is 1. The molecule has 0 aliphatic heterocycles. The first kappa shape index (κ1) is 16.1. The third-order valence-electron chi connectivity index (χ3n) is 3.06. The lowest BCUT2D eigenvalue weighted by molar-refractivity contribution is -0.115. The highest BCUT2D eigenvalue weighted by Gasteiger charge is 2.17. The van der Waals surface area contributed by atoms with Crippen molar-refractivity contribution in [1.82, 2.24) is 15.0 Å². The SMILES string of the molecule is C[C@@H](Sc1nc2ccc(Cl)cc2[nH]1)C(=O)Nc1ccc(Cl)cn1. The zero-order valence-electron chi connectivity index (χ0n) is 12.0. The number of carbonyl (C=O) groups excluding carboxylic acids is 1. The molecule has 118 valence electrons. The van der Waals surface area contributed by atoms with E-state index >= 15 is 0 Å². The number of aromatic amines is 1. The van der Waals surface area contributed by atoms with Crippen LogP contribution < -0.4 is 5.32 Å². The van der Waals surface area contributed by atoms with Crippen LogP contribution in [-0.4, -0.2) is 26.1 Å². The van der Waals surface area contributed by atoms with Crippen molar-refractivity contribution in [3.63, 3.8) is 0 Å². The minimum atomic E-state index is -0.344. The van der Waals surface area contributed by atoms with Crippen LogP contribution in [0.1, 0.15) is 6.92 Å². The first-order valence-electron chi connectivity index (χ1n) is 6.75. The van der Waals surface area contributed by atoms with Crippen molar-refractivity contribution in [3.05, 3.63) is 46.6 Å². The Labute approximate surface area is 146 Å². The molecule has 0 spiro atoms. The summed E-state index contributed by atoms with van der Waals surface area (Å²) >= 11 is 13.0. The number of amides is 1. The Morgan fingerprint density at radius 1 is 1.26 bits per heavy atom. The number of hydrogen-bond donors (Lipinski definition) is 2. The normalized spacial score (nSPS) is 12.3. The lowest BCUT2D eigenvalue weighted by Crippen LogP contribution is -2.23. The number of nitrogens with one attached hydrogen (secondary N) is 2. The van der Waals surface area contributed by atoms with Crippen molar-refractivity contribution >= 4 is 57.7 Å². The highest BCUT2D eigenvalue weighted by Crippen LogP contribution is 2.25. The third-order valence-corrected chi connectivity index (χ3v) is 4.50. The molecule has 0 aliphatic carbocycles. The van der Waals surface area contributed by atoms with Crippen molar-refractivity contribution in [2.24, 2.45) is 0 Å². The molecule has 0 unspecified atom stereocenters. The van der Waals surface area contributed by atoms with Gasteiger partial charge in [0.2, 0.25) is 5.91 Å². The molecule has 3 aromatic rings. The van der Waals surface area contributed by atoms with E-state index in [-0.39, 0.29) is 11.2 Å². The maximum atomic E-state index is 12.2. The van der Waals surface area contributed by atoms with Gasteiger partial charge in [0, 0.05) is 11.2 Å². The predicted octanol–water partition coefficient (Wildman–Crippen LogP) is 4.38. The van der Waals surface area contributed by atoms with Gasteiger partial charge in [0.05, 0.1) is 21.3 Å². The summed E-state index contributed by atoms with van der Waals surface area (Å²) in [4.78, 5) is 23.8. The Kier molecular flexibility index (Phi) is 4.75. The molecule has 0 aliphatic rings. The van der Waals surface area contributed by atoms with E-state index in [0.717, 1.165) is 11.0 Å². The Morgan fingerprint density at radius 3 is 2.78 bits per heavy atom. The maximum absolute atomic E-state index is 12.2. The summed E-state index contributed by atoms with van der Waals surface area (Å²) in [6.45, 7) is 1.80. The molecule has 2 N–H and O–H groups in total. The zero-order chi connectivity index (χ0) is 16.4. The second-order valence-electron chi connectivity index (χ2n) is 4.81. The molecule has 0 fully saturated rings. The standard InChI is InChI=1S/C15H12Cl2N4OS/c1-8(14(22)21-13-5-3-10(17)7-18-13)23-15-19-11-4-2-9(16)6-12(11)20-15/h2-8H,1H3,(H,19,20)(H,18,21,22)/t8-/m1/s1. The van der Waals surface area contributed by atoms with Crippen LogP contribution in [0, 0.1) is 0 Å². The van der Waals surface area contributed by atoms with Crippen LogP contribution in [-0.2, 0) is 4.79 Å². The van der Waals surface area contributed by atoms with Crippen LogP contribution in [0.5, 0.6) is 0 Å². The molecular weight excluding hydrogens is 355 g/mol. The van der Waals surface area contributed by atoms with E-state index < -0.39 is 0 Å². The van der Waals surface area contributed by atoms with E-state index in [4.69, 9.17) is 23.2 Å². The first-order chi connectivity index (χ1) is 11.0. The van der Waals surface area contributed by atoms with Crippen LogP contribution in [0.3, 0.4) is 0 Å². The van der Waals surface area contributed by atoms with Gasteiger partial charge in [-0.15, -0.1) is 0 Å². The Hall–Kier alpha value is -1.76. The van der Waals surface area contributed by atoms with Crippen molar-refractivity contribution in [1.29, 1.82) is 0 Å². The lowest BCUT2D eigenvalue weighted by Gasteiger charge is -2.09. The predicted molar refractivity (Wildman–Crippen MR) is 94.3 cm³/mol. The largest absolute Gasteiger partial charge is 0.333 e. The Morgan fingerprint density at radius 2 is 2.04 bits per heavy atom. The number of nitrogens with zero attached hydrogens (tertiary/aromatic N) is 2. The quantitative estimate of drug-likeness (QED) is 0.672. The molecule has 8 heteroatoms. The Balaban J connectivity index is 1.68. The summed E-state index contributed by atoms with van der Waals surface area (Å²) in [5.41, 5.74) is 1.65. The molecule has 23 heavy (non-hydrogen) atoms. The number of aromatic nitrogens is 3. The van der Waals surface area contributed by atoms with Gasteiger partial charge in [-0.1, -0.05) is 35.0 Å². The van der Waals surface area contributed by atoms with E-state index in [1.165, 1.54) is 18.0 Å². The number of anilines is 1. The van der Waals surface area contributed by atoms with Gasteiger partial charge in [-0.05, 0) is 37.3 Å². The molecule has 0 radical (unpaired) electrons. The average molecular weight is 367 g/mol. The molecule has 0 saturated heterocycles.